The summed E-state index contributed by atoms with van der Waals surface area (Å²) in [7, 11) is -4.35. The van der Waals surface area contributed by atoms with E-state index >= 15 is 13.2 Å². The van der Waals surface area contributed by atoms with Gasteiger partial charge < -0.3 is 14.8 Å². The second kappa shape index (κ2) is 18.1. The molecule has 12 nitrogen and oxygen atoms in total. The van der Waals surface area contributed by atoms with Crippen LogP contribution in [0.1, 0.15) is 90.3 Å². The van der Waals surface area contributed by atoms with Crippen LogP contribution in [0.5, 0.6) is 0 Å². The number of pyridine rings is 1. The molecule has 2 amide bonds. The lowest BCUT2D eigenvalue weighted by molar-refractivity contribution is -0.134. The maximum atomic E-state index is 15.7. The van der Waals surface area contributed by atoms with Crippen molar-refractivity contribution in [3.8, 4) is 11.1 Å². The van der Waals surface area contributed by atoms with E-state index in [1.54, 1.807) is 24.4 Å². The monoisotopic (exact) mass is 899 g/mol. The van der Waals surface area contributed by atoms with Crippen LogP contribution < -0.4 is 14.9 Å². The van der Waals surface area contributed by atoms with Gasteiger partial charge in [0.1, 0.15) is 23.5 Å². The molecule has 4 saturated heterocycles. The van der Waals surface area contributed by atoms with Crippen LogP contribution in [0.2, 0.25) is 0 Å². The molecule has 4 aliphatic heterocycles. The molecule has 2 atom stereocenters. The number of carbonyl (C=O) groups excluding carboxylic acids is 3. The Balaban J connectivity index is 0.773. The summed E-state index contributed by atoms with van der Waals surface area (Å²) in [6, 6.07) is 16.7. The molecule has 4 aliphatic rings. The van der Waals surface area contributed by atoms with Gasteiger partial charge in [0.2, 0.25) is 17.6 Å². The second-order valence-electron chi connectivity index (χ2n) is 17.5. The van der Waals surface area contributed by atoms with E-state index in [-0.39, 0.29) is 49.1 Å². The van der Waals surface area contributed by atoms with Gasteiger partial charge in [-0.3, -0.25) is 24.4 Å². The summed E-state index contributed by atoms with van der Waals surface area (Å²) < 4.78 is 88.2. The van der Waals surface area contributed by atoms with Gasteiger partial charge in [-0.2, -0.15) is 12.7 Å². The third-order valence-corrected chi connectivity index (χ3v) is 15.0. The number of nitrogens with one attached hydrogen (secondary N) is 3. The average Bonchev–Trinajstić information content (AvgIpc) is 3.94. The number of H-pyrrole nitrogens is 1. The van der Waals surface area contributed by atoms with Crippen molar-refractivity contribution >= 4 is 50.2 Å². The second-order valence-corrected chi connectivity index (χ2v) is 19.1. The van der Waals surface area contributed by atoms with E-state index in [0.717, 1.165) is 98.1 Å². The number of aromatic amines is 1. The van der Waals surface area contributed by atoms with Gasteiger partial charge in [0.15, 0.2) is 5.82 Å². The minimum Gasteiger partial charge on any atom is -0.372 e. The number of alkyl halides is 1. The maximum Gasteiger partial charge on any atom is 0.301 e. The minimum absolute atomic E-state index is 0.00420. The fourth-order valence-corrected chi connectivity index (χ4v) is 11.0. The first kappa shape index (κ1) is 43.6. The summed E-state index contributed by atoms with van der Waals surface area (Å²) in [6.45, 7) is 4.32. The lowest BCUT2D eigenvalue weighted by Gasteiger charge is -2.36. The lowest BCUT2D eigenvalue weighted by Crippen LogP contribution is -2.39. The SMILES string of the molecule is O=C1CCC(c2ccc(C3CCN(CCC4CCN(c5ccc(-c6cnc7[nH]cc(C(=O)c8c(F)ccc(NS(=O)(=O)N9CC[C@@H](F)C9)c8F)c7c6)cc5)CC4)CC3)cc2F)C(=O)N1. The fraction of sp³-hybridized carbons (Fsp3) is 0.404. The van der Waals surface area contributed by atoms with E-state index < -0.39 is 56.9 Å². The topological polar surface area (TPSA) is 148 Å². The van der Waals surface area contributed by atoms with Gasteiger partial charge in [0.05, 0.1) is 17.2 Å². The minimum atomic E-state index is -4.35. The molecule has 6 heterocycles. The van der Waals surface area contributed by atoms with Gasteiger partial charge in [0, 0.05) is 72.8 Å². The van der Waals surface area contributed by atoms with E-state index in [0.29, 0.717) is 34.5 Å². The molecule has 17 heteroatoms. The van der Waals surface area contributed by atoms with Gasteiger partial charge in [-0.05, 0) is 124 Å². The van der Waals surface area contributed by atoms with E-state index in [2.05, 4.69) is 37.2 Å². The number of ketones is 1. The molecule has 5 aromatic rings. The molecule has 4 fully saturated rings. The third-order valence-electron chi connectivity index (χ3n) is 13.5. The molecule has 3 aromatic carbocycles. The Morgan fingerprint density at radius 1 is 0.844 bits per heavy atom. The highest BCUT2D eigenvalue weighted by molar-refractivity contribution is 7.90. The molecule has 2 aromatic heterocycles. The van der Waals surface area contributed by atoms with Crippen molar-refractivity contribution in [3.63, 3.8) is 0 Å². The van der Waals surface area contributed by atoms with Crippen molar-refractivity contribution in [2.24, 2.45) is 5.92 Å². The third kappa shape index (κ3) is 9.02. The number of halogens is 4. The standard InChI is InChI=1S/C47H49F4N7O5S/c48-33-16-22-58(27-33)64(62,63)55-41-9-8-39(49)43(44(41)51)45(60)38-26-53-46-37(38)23-32(25-52-46)29-1-4-34(5-2-29)57-20-12-28(13-21-57)11-17-56-18-14-30(15-19-56)31-3-6-35(40(50)24-31)36-7-10-42(59)54-47(36)61/h1-6,8-9,23-26,28,30,33,36,55H,7,10-22,27H2,(H,52,53)(H,54,59,61)/t33-,36?/m1/s1. The van der Waals surface area contributed by atoms with Crippen LogP contribution in [0.25, 0.3) is 22.2 Å². The number of fused-ring (bicyclic) bond motifs is 1. The molecular weight excluding hydrogens is 851 g/mol. The quantitative estimate of drug-likeness (QED) is 0.0660. The van der Waals surface area contributed by atoms with Crippen LogP contribution in [0.15, 0.2) is 73.1 Å². The van der Waals surface area contributed by atoms with Crippen molar-refractivity contribution in [3.05, 3.63) is 113 Å². The van der Waals surface area contributed by atoms with E-state index in [1.807, 2.05) is 22.9 Å². The normalized spacial score (nSPS) is 20.8. The number of anilines is 2. The highest BCUT2D eigenvalue weighted by atomic mass is 32.2. The lowest BCUT2D eigenvalue weighted by atomic mass is 9.85. The number of likely N-dealkylation sites (tertiary alicyclic amines) is 1. The Bertz CT molecular complexity index is 2700. The van der Waals surface area contributed by atoms with Crippen LogP contribution in [-0.4, -0.2) is 97.2 Å². The number of amides is 2. The molecule has 3 N–H and O–H groups in total. The number of nitrogens with zero attached hydrogens (tertiary/aromatic N) is 4. The van der Waals surface area contributed by atoms with E-state index in [9.17, 15) is 27.2 Å². The number of piperidine rings is 3. The highest BCUT2D eigenvalue weighted by Gasteiger charge is 2.34. The summed E-state index contributed by atoms with van der Waals surface area (Å²) in [5.41, 5.74) is 2.66. The van der Waals surface area contributed by atoms with Crippen LogP contribution >= 0.6 is 0 Å². The number of rotatable bonds is 12. The summed E-state index contributed by atoms with van der Waals surface area (Å²) in [5, 5.41) is 2.65. The Morgan fingerprint density at radius 2 is 1.61 bits per heavy atom. The molecule has 0 bridgehead atoms. The van der Waals surface area contributed by atoms with Crippen molar-refractivity contribution in [1.29, 1.82) is 0 Å². The zero-order chi connectivity index (χ0) is 44.7. The molecular formula is C47H49F4N7O5S. The number of benzene rings is 3. The van der Waals surface area contributed by atoms with Crippen molar-refractivity contribution in [1.82, 2.24) is 24.5 Å². The van der Waals surface area contributed by atoms with Crippen LogP contribution in [-0.2, 0) is 19.8 Å². The molecule has 0 aliphatic carbocycles. The first-order valence-electron chi connectivity index (χ1n) is 21.9. The first-order chi connectivity index (χ1) is 30.8. The molecule has 64 heavy (non-hydrogen) atoms. The molecule has 1 unspecified atom stereocenters. The number of imide groups is 1. The predicted octanol–water partition coefficient (Wildman–Crippen LogP) is 7.59. The van der Waals surface area contributed by atoms with E-state index in [1.165, 1.54) is 6.20 Å². The van der Waals surface area contributed by atoms with Crippen molar-refractivity contribution in [2.45, 2.75) is 69.4 Å². The Kier molecular flexibility index (Phi) is 12.3. The van der Waals surface area contributed by atoms with Crippen molar-refractivity contribution in [2.75, 3.05) is 55.4 Å². The summed E-state index contributed by atoms with van der Waals surface area (Å²) in [4.78, 5) is 49.8. The summed E-state index contributed by atoms with van der Waals surface area (Å²) in [6.07, 6.45) is 7.35. The molecule has 0 radical (unpaired) electrons. The molecule has 0 spiro atoms. The fourth-order valence-electron chi connectivity index (χ4n) is 9.70. The van der Waals surface area contributed by atoms with Crippen LogP contribution in [0.4, 0.5) is 28.9 Å². The Labute approximate surface area is 368 Å². The predicted molar refractivity (Wildman–Crippen MR) is 234 cm³/mol. The van der Waals surface area contributed by atoms with Gasteiger partial charge in [-0.25, -0.2) is 22.5 Å². The largest absolute Gasteiger partial charge is 0.372 e. The zero-order valence-corrected chi connectivity index (χ0v) is 35.9. The number of aromatic nitrogens is 2. The van der Waals surface area contributed by atoms with E-state index in [4.69, 9.17) is 0 Å². The summed E-state index contributed by atoms with van der Waals surface area (Å²) in [5.74, 6) is -4.41. The first-order valence-corrected chi connectivity index (χ1v) is 23.4. The van der Waals surface area contributed by atoms with Gasteiger partial charge in [-0.15, -0.1) is 0 Å². The average molecular weight is 900 g/mol. The Hall–Kier alpha value is -5.65. The Morgan fingerprint density at radius 3 is 2.31 bits per heavy atom. The van der Waals surface area contributed by atoms with Gasteiger partial charge in [0.25, 0.3) is 0 Å². The molecule has 0 saturated carbocycles. The summed E-state index contributed by atoms with van der Waals surface area (Å²) >= 11 is 0. The zero-order valence-electron chi connectivity index (χ0n) is 35.1. The number of hydrogen-bond acceptors (Lipinski definition) is 8. The van der Waals surface area contributed by atoms with Crippen LogP contribution in [0.3, 0.4) is 0 Å². The van der Waals surface area contributed by atoms with Gasteiger partial charge in [-0.1, -0.05) is 24.3 Å². The van der Waals surface area contributed by atoms with Gasteiger partial charge >= 0.3 is 10.2 Å². The molecule has 9 rings (SSSR count). The number of hydrogen-bond donors (Lipinski definition) is 3. The molecule has 336 valence electrons. The van der Waals surface area contributed by atoms with Crippen molar-refractivity contribution < 1.29 is 40.4 Å². The van der Waals surface area contributed by atoms with Crippen LogP contribution in [0, 0.1) is 23.4 Å². The highest BCUT2D eigenvalue weighted by Crippen LogP contribution is 2.35. The smallest absolute Gasteiger partial charge is 0.301 e. The maximum absolute atomic E-state index is 15.7. The number of carbonyl (C=O) groups is 3.